The summed E-state index contributed by atoms with van der Waals surface area (Å²) < 4.78 is 10.5. The second kappa shape index (κ2) is 7.33. The fraction of sp³-hybridized carbons (Fsp3) is 0.429. The van der Waals surface area contributed by atoms with Crippen molar-refractivity contribution in [3.05, 3.63) is 40.8 Å². The summed E-state index contributed by atoms with van der Waals surface area (Å²) in [6, 6.07) is 3.27. The van der Waals surface area contributed by atoms with Gasteiger partial charge in [-0.2, -0.15) is 4.98 Å². The topological polar surface area (TPSA) is 81.4 Å². The molecule has 0 aliphatic heterocycles. The van der Waals surface area contributed by atoms with Gasteiger partial charge < -0.3 is 14.2 Å². The van der Waals surface area contributed by atoms with E-state index in [9.17, 15) is 4.79 Å². The van der Waals surface area contributed by atoms with E-state index < -0.39 is 0 Å². The van der Waals surface area contributed by atoms with E-state index in [2.05, 4.69) is 15.1 Å². The van der Waals surface area contributed by atoms with Crippen LogP contribution < -0.4 is 0 Å². The summed E-state index contributed by atoms with van der Waals surface area (Å²) in [4.78, 5) is 21.8. The highest BCUT2D eigenvalue weighted by atomic mass is 35.5. The van der Waals surface area contributed by atoms with Crippen LogP contribution in [0.4, 0.5) is 0 Å². The minimum atomic E-state index is -0.268. The van der Waals surface area contributed by atoms with E-state index in [1.807, 2.05) is 13.8 Å². The van der Waals surface area contributed by atoms with Gasteiger partial charge in [0.15, 0.2) is 5.82 Å². The van der Waals surface area contributed by atoms with Gasteiger partial charge in [-0.15, -0.1) is 0 Å². The zero-order valence-corrected chi connectivity index (χ0v) is 13.4. The molecule has 0 unspecified atom stereocenters. The minimum Gasteiger partial charge on any atom is -0.371 e. The summed E-state index contributed by atoms with van der Waals surface area (Å²) in [5, 5.41) is 4.01. The van der Waals surface area contributed by atoms with Crippen molar-refractivity contribution in [2.75, 3.05) is 13.7 Å². The third-order valence-electron chi connectivity index (χ3n) is 2.97. The fourth-order valence-corrected chi connectivity index (χ4v) is 2.05. The van der Waals surface area contributed by atoms with Crippen molar-refractivity contribution in [1.29, 1.82) is 0 Å². The maximum Gasteiger partial charge on any atom is 0.257 e. The van der Waals surface area contributed by atoms with Crippen molar-refractivity contribution in [2.45, 2.75) is 26.5 Å². The first-order valence-corrected chi connectivity index (χ1v) is 7.20. The molecule has 0 bridgehead atoms. The Morgan fingerprint density at radius 3 is 3.00 bits per heavy atom. The van der Waals surface area contributed by atoms with Crippen molar-refractivity contribution in [2.24, 2.45) is 0 Å². The summed E-state index contributed by atoms with van der Waals surface area (Å²) in [5.74, 6) is 0.519. The van der Waals surface area contributed by atoms with E-state index in [1.165, 1.54) is 11.1 Å². The van der Waals surface area contributed by atoms with Crippen LogP contribution in [0, 0.1) is 0 Å². The zero-order valence-electron chi connectivity index (χ0n) is 12.6. The Labute approximate surface area is 133 Å². The van der Waals surface area contributed by atoms with Crippen molar-refractivity contribution >= 4 is 17.5 Å². The van der Waals surface area contributed by atoms with E-state index >= 15 is 0 Å². The van der Waals surface area contributed by atoms with Crippen LogP contribution in [0.2, 0.25) is 5.15 Å². The van der Waals surface area contributed by atoms with Gasteiger partial charge in [-0.1, -0.05) is 16.8 Å². The highest BCUT2D eigenvalue weighted by Gasteiger charge is 2.19. The van der Waals surface area contributed by atoms with Gasteiger partial charge in [0.1, 0.15) is 11.3 Å². The quantitative estimate of drug-likeness (QED) is 0.759. The van der Waals surface area contributed by atoms with E-state index in [0.29, 0.717) is 23.9 Å². The van der Waals surface area contributed by atoms with Crippen LogP contribution in [-0.4, -0.2) is 39.6 Å². The van der Waals surface area contributed by atoms with Gasteiger partial charge >= 0.3 is 0 Å². The predicted molar refractivity (Wildman–Crippen MR) is 79.4 cm³/mol. The monoisotopic (exact) mass is 324 g/mol. The highest BCUT2D eigenvalue weighted by Crippen LogP contribution is 2.16. The zero-order chi connectivity index (χ0) is 16.1. The number of carbonyl (C=O) groups excluding carboxylic acids is 1. The van der Waals surface area contributed by atoms with Gasteiger partial charge in [0, 0.05) is 19.9 Å². The number of halogens is 1. The molecule has 0 N–H and O–H groups in total. The molecule has 2 heterocycles. The van der Waals surface area contributed by atoms with Gasteiger partial charge in [0.25, 0.3) is 5.91 Å². The van der Waals surface area contributed by atoms with Crippen molar-refractivity contribution < 1.29 is 14.1 Å². The van der Waals surface area contributed by atoms with E-state index in [1.54, 1.807) is 19.2 Å². The van der Waals surface area contributed by atoms with Gasteiger partial charge in [-0.05, 0) is 26.0 Å². The van der Waals surface area contributed by atoms with Crippen molar-refractivity contribution in [3.8, 4) is 0 Å². The van der Waals surface area contributed by atoms with Crippen LogP contribution in [0.3, 0.4) is 0 Å². The van der Waals surface area contributed by atoms with Crippen molar-refractivity contribution in [3.63, 3.8) is 0 Å². The third-order valence-corrected chi connectivity index (χ3v) is 3.27. The summed E-state index contributed by atoms with van der Waals surface area (Å²) in [6.07, 6.45) is 1.27. The smallest absolute Gasteiger partial charge is 0.257 e. The molecule has 2 rings (SSSR count). The van der Waals surface area contributed by atoms with E-state index in [-0.39, 0.29) is 23.7 Å². The number of ether oxygens (including phenoxy) is 1. The first-order chi connectivity index (χ1) is 10.5. The molecular weight excluding hydrogens is 308 g/mol. The molecule has 0 saturated heterocycles. The van der Waals surface area contributed by atoms with Crippen LogP contribution in [0.5, 0.6) is 0 Å². The highest BCUT2D eigenvalue weighted by molar-refractivity contribution is 6.32. The molecule has 0 fully saturated rings. The largest absolute Gasteiger partial charge is 0.371 e. The first-order valence-electron chi connectivity index (χ1n) is 6.83. The molecular formula is C14H17ClN4O3. The molecule has 0 aliphatic rings. The SMILES string of the molecule is CCO[C@@H](C)c1noc(CN(C)C(=O)c2cccnc2Cl)n1. The number of amides is 1. The lowest BCUT2D eigenvalue weighted by atomic mass is 10.2. The van der Waals surface area contributed by atoms with Gasteiger partial charge in [-0.3, -0.25) is 4.79 Å². The van der Waals surface area contributed by atoms with E-state index in [4.69, 9.17) is 20.9 Å². The average Bonchev–Trinajstić information content (AvgIpc) is 2.96. The summed E-state index contributed by atoms with van der Waals surface area (Å²) in [6.45, 7) is 4.46. The Bertz CT molecular complexity index is 647. The normalized spacial score (nSPS) is 12.2. The summed E-state index contributed by atoms with van der Waals surface area (Å²) in [5.41, 5.74) is 0.328. The number of pyridine rings is 1. The molecule has 2 aromatic rings. The molecule has 8 heteroatoms. The minimum absolute atomic E-state index is 0.163. The Balaban J connectivity index is 2.04. The number of carbonyl (C=O) groups is 1. The third kappa shape index (κ3) is 3.80. The number of hydrogen-bond donors (Lipinski definition) is 0. The Hall–Kier alpha value is -1.99. The molecule has 0 radical (unpaired) electrons. The molecule has 118 valence electrons. The lowest BCUT2D eigenvalue weighted by Crippen LogP contribution is -2.26. The number of nitrogens with zero attached hydrogens (tertiary/aromatic N) is 4. The molecule has 0 saturated carbocycles. The predicted octanol–water partition coefficient (Wildman–Crippen LogP) is 2.49. The number of rotatable bonds is 6. The average molecular weight is 325 g/mol. The Morgan fingerprint density at radius 1 is 1.55 bits per heavy atom. The van der Waals surface area contributed by atoms with Crippen LogP contribution >= 0.6 is 11.6 Å². The van der Waals surface area contributed by atoms with Gasteiger partial charge in [0.05, 0.1) is 12.1 Å². The van der Waals surface area contributed by atoms with Crippen LogP contribution in [0.25, 0.3) is 0 Å². The number of aromatic nitrogens is 3. The maximum absolute atomic E-state index is 12.3. The molecule has 2 aromatic heterocycles. The lowest BCUT2D eigenvalue weighted by Gasteiger charge is -2.15. The summed E-state index contributed by atoms with van der Waals surface area (Å²) >= 11 is 5.92. The van der Waals surface area contributed by atoms with Crippen LogP contribution in [-0.2, 0) is 11.3 Å². The molecule has 1 amide bonds. The van der Waals surface area contributed by atoms with Crippen LogP contribution in [0.1, 0.15) is 42.0 Å². The molecule has 22 heavy (non-hydrogen) atoms. The van der Waals surface area contributed by atoms with Gasteiger partial charge in [0.2, 0.25) is 5.89 Å². The molecule has 0 spiro atoms. The maximum atomic E-state index is 12.3. The standard InChI is InChI=1S/C14H17ClN4O3/c1-4-21-9(2)13-17-11(22-18-13)8-19(3)14(20)10-6-5-7-16-12(10)15/h5-7,9H,4,8H2,1-3H3/t9-/m0/s1. The molecule has 0 aliphatic carbocycles. The molecule has 1 atom stereocenters. The van der Waals surface area contributed by atoms with Crippen LogP contribution in [0.15, 0.2) is 22.9 Å². The number of hydrogen-bond acceptors (Lipinski definition) is 6. The first kappa shape index (κ1) is 16.4. The fourth-order valence-electron chi connectivity index (χ4n) is 1.85. The molecule has 7 nitrogen and oxygen atoms in total. The van der Waals surface area contributed by atoms with Gasteiger partial charge in [-0.25, -0.2) is 4.98 Å². The Kier molecular flexibility index (Phi) is 5.46. The second-order valence-corrected chi connectivity index (χ2v) is 5.00. The lowest BCUT2D eigenvalue weighted by molar-refractivity contribution is 0.0682. The second-order valence-electron chi connectivity index (χ2n) is 4.65. The Morgan fingerprint density at radius 2 is 2.32 bits per heavy atom. The summed E-state index contributed by atoms with van der Waals surface area (Å²) in [7, 11) is 1.63. The van der Waals surface area contributed by atoms with Crippen molar-refractivity contribution in [1.82, 2.24) is 20.0 Å². The molecule has 0 aromatic carbocycles. The van der Waals surface area contributed by atoms with E-state index in [0.717, 1.165) is 0 Å².